The van der Waals surface area contributed by atoms with Crippen molar-refractivity contribution in [2.24, 2.45) is 0 Å². The Bertz CT molecular complexity index is 632. The smallest absolute Gasteiger partial charge is 0.321 e. The fourth-order valence-electron chi connectivity index (χ4n) is 2.99. The van der Waals surface area contributed by atoms with Gasteiger partial charge in [-0.1, -0.05) is 61.0 Å². The van der Waals surface area contributed by atoms with E-state index in [0.717, 1.165) is 17.0 Å². The van der Waals surface area contributed by atoms with E-state index in [1.165, 1.54) is 24.8 Å². The first-order valence-corrected chi connectivity index (χ1v) is 8.31. The van der Waals surface area contributed by atoms with Crippen molar-refractivity contribution >= 4 is 5.97 Å². The van der Waals surface area contributed by atoms with Crippen LogP contribution in [-0.4, -0.2) is 17.1 Å². The molecule has 0 aromatic heterocycles. The van der Waals surface area contributed by atoms with Crippen LogP contribution < -0.4 is 5.32 Å². The second kappa shape index (κ2) is 7.42. The molecule has 2 N–H and O–H groups in total. The van der Waals surface area contributed by atoms with E-state index >= 15 is 0 Å². The van der Waals surface area contributed by atoms with Gasteiger partial charge in [0, 0.05) is 6.54 Å². The van der Waals surface area contributed by atoms with Gasteiger partial charge in [-0.3, -0.25) is 4.79 Å². The molecule has 3 nitrogen and oxygen atoms in total. The maximum Gasteiger partial charge on any atom is 0.321 e. The van der Waals surface area contributed by atoms with Crippen LogP contribution in [0.3, 0.4) is 0 Å². The Morgan fingerprint density at radius 3 is 2.30 bits per heavy atom. The highest BCUT2D eigenvalue weighted by molar-refractivity contribution is 5.73. The van der Waals surface area contributed by atoms with Crippen molar-refractivity contribution in [3.05, 3.63) is 71.3 Å². The molecule has 0 saturated heterocycles. The molecule has 3 heteroatoms. The van der Waals surface area contributed by atoms with Crippen LogP contribution in [0.15, 0.2) is 54.6 Å². The molecule has 23 heavy (non-hydrogen) atoms. The van der Waals surface area contributed by atoms with Gasteiger partial charge < -0.3 is 10.4 Å². The second-order valence-electron chi connectivity index (χ2n) is 6.33. The number of rotatable bonds is 7. The van der Waals surface area contributed by atoms with Gasteiger partial charge in [0.1, 0.15) is 6.04 Å². The van der Waals surface area contributed by atoms with Crippen LogP contribution in [0.1, 0.15) is 41.9 Å². The number of benzene rings is 2. The normalized spacial score (nSPS) is 15.8. The van der Waals surface area contributed by atoms with Crippen LogP contribution in [-0.2, 0) is 17.8 Å². The number of carbonyl (C=O) groups is 1. The Hall–Kier alpha value is -2.13. The quantitative estimate of drug-likeness (QED) is 0.819. The zero-order valence-electron chi connectivity index (χ0n) is 13.2. The highest BCUT2D eigenvalue weighted by Crippen LogP contribution is 2.36. The number of nitrogens with one attached hydrogen (secondary N) is 1. The minimum Gasteiger partial charge on any atom is -0.480 e. The van der Waals surface area contributed by atoms with E-state index in [0.29, 0.717) is 13.0 Å². The van der Waals surface area contributed by atoms with Crippen molar-refractivity contribution in [1.29, 1.82) is 0 Å². The number of carboxylic acid groups (broad SMARTS) is 1. The van der Waals surface area contributed by atoms with E-state index in [9.17, 15) is 9.90 Å². The van der Waals surface area contributed by atoms with Gasteiger partial charge in [0.05, 0.1) is 0 Å². The van der Waals surface area contributed by atoms with Gasteiger partial charge in [0.2, 0.25) is 0 Å². The third kappa shape index (κ3) is 4.20. The summed E-state index contributed by atoms with van der Waals surface area (Å²) in [7, 11) is 0. The minimum absolute atomic E-state index is 0.496. The van der Waals surface area contributed by atoms with E-state index in [2.05, 4.69) is 29.6 Å². The third-order valence-electron chi connectivity index (χ3n) is 4.69. The van der Waals surface area contributed by atoms with Gasteiger partial charge in [-0.05, 0) is 41.9 Å². The Balaban J connectivity index is 1.56. The molecular weight excluding hydrogens is 286 g/mol. The molecule has 0 spiro atoms. The summed E-state index contributed by atoms with van der Waals surface area (Å²) in [6.07, 6.45) is 4.44. The molecule has 1 aliphatic carbocycles. The summed E-state index contributed by atoms with van der Waals surface area (Å²) in [6.45, 7) is 0.578. The second-order valence-corrected chi connectivity index (χ2v) is 6.33. The van der Waals surface area contributed by atoms with Crippen LogP contribution in [0.2, 0.25) is 0 Å². The molecule has 1 fully saturated rings. The summed E-state index contributed by atoms with van der Waals surface area (Å²) < 4.78 is 0. The average Bonchev–Trinajstić information content (AvgIpc) is 2.52. The van der Waals surface area contributed by atoms with Crippen molar-refractivity contribution in [2.45, 2.75) is 44.2 Å². The van der Waals surface area contributed by atoms with Crippen LogP contribution >= 0.6 is 0 Å². The average molecular weight is 309 g/mol. The lowest BCUT2D eigenvalue weighted by molar-refractivity contribution is -0.139. The molecule has 2 aromatic carbocycles. The molecule has 120 valence electrons. The van der Waals surface area contributed by atoms with E-state index in [4.69, 9.17) is 0 Å². The molecule has 0 amide bonds. The van der Waals surface area contributed by atoms with Crippen molar-refractivity contribution < 1.29 is 9.90 Å². The number of hydrogen-bond acceptors (Lipinski definition) is 2. The highest BCUT2D eigenvalue weighted by Gasteiger charge is 2.19. The van der Waals surface area contributed by atoms with E-state index in [1.807, 2.05) is 30.3 Å². The summed E-state index contributed by atoms with van der Waals surface area (Å²) in [6, 6.07) is 17.8. The summed E-state index contributed by atoms with van der Waals surface area (Å²) in [5.41, 5.74) is 3.58. The molecule has 0 radical (unpaired) electrons. The molecule has 0 unspecified atom stereocenters. The zero-order chi connectivity index (χ0) is 16.1. The molecule has 0 aliphatic heterocycles. The first kappa shape index (κ1) is 15.8. The number of hydrogen-bond donors (Lipinski definition) is 2. The number of aliphatic carboxylic acids is 1. The first-order chi connectivity index (χ1) is 11.2. The Morgan fingerprint density at radius 1 is 1.04 bits per heavy atom. The van der Waals surface area contributed by atoms with Crippen molar-refractivity contribution in [1.82, 2.24) is 5.32 Å². The molecule has 0 bridgehead atoms. The number of carboxylic acids is 1. The summed E-state index contributed by atoms with van der Waals surface area (Å²) in [4.78, 5) is 11.5. The summed E-state index contributed by atoms with van der Waals surface area (Å²) >= 11 is 0. The fraction of sp³-hybridized carbons (Fsp3) is 0.350. The zero-order valence-corrected chi connectivity index (χ0v) is 13.2. The lowest BCUT2D eigenvalue weighted by Gasteiger charge is -2.25. The van der Waals surface area contributed by atoms with Crippen LogP contribution in [0, 0.1) is 0 Å². The van der Waals surface area contributed by atoms with E-state index in [-0.39, 0.29) is 0 Å². The topological polar surface area (TPSA) is 49.3 Å². The predicted octanol–water partition coefficient (Wildman–Crippen LogP) is 3.74. The largest absolute Gasteiger partial charge is 0.480 e. The molecule has 1 aliphatic rings. The lowest BCUT2D eigenvalue weighted by Crippen LogP contribution is -2.38. The first-order valence-electron chi connectivity index (χ1n) is 8.31. The Labute approximate surface area is 137 Å². The maximum atomic E-state index is 11.5. The van der Waals surface area contributed by atoms with Gasteiger partial charge in [0.25, 0.3) is 0 Å². The Kier molecular flexibility index (Phi) is 5.09. The fourth-order valence-corrected chi connectivity index (χ4v) is 2.99. The van der Waals surface area contributed by atoms with Gasteiger partial charge in [-0.25, -0.2) is 0 Å². The standard InChI is InChI=1S/C20H23NO2/c22-20(23)19(13-15-5-2-1-3-6-15)21-14-16-9-11-18(12-10-16)17-7-4-8-17/h1-3,5-6,9-12,17,19,21H,4,7-8,13-14H2,(H,22,23)/t19-/m0/s1. The van der Waals surface area contributed by atoms with Crippen LogP contribution in [0.5, 0.6) is 0 Å². The molecule has 3 rings (SSSR count). The van der Waals surface area contributed by atoms with Gasteiger partial charge in [0.15, 0.2) is 0 Å². The van der Waals surface area contributed by atoms with E-state index < -0.39 is 12.0 Å². The molecule has 1 atom stereocenters. The third-order valence-corrected chi connectivity index (χ3v) is 4.69. The Morgan fingerprint density at radius 2 is 1.74 bits per heavy atom. The molecule has 2 aromatic rings. The molecule has 1 saturated carbocycles. The van der Waals surface area contributed by atoms with Crippen molar-refractivity contribution in [2.75, 3.05) is 0 Å². The predicted molar refractivity (Wildman–Crippen MR) is 91.4 cm³/mol. The molecular formula is C20H23NO2. The summed E-state index contributed by atoms with van der Waals surface area (Å²) in [5.74, 6) is -0.0678. The van der Waals surface area contributed by atoms with Gasteiger partial charge >= 0.3 is 5.97 Å². The maximum absolute atomic E-state index is 11.5. The van der Waals surface area contributed by atoms with Crippen molar-refractivity contribution in [3.8, 4) is 0 Å². The highest BCUT2D eigenvalue weighted by atomic mass is 16.4. The monoisotopic (exact) mass is 309 g/mol. The van der Waals surface area contributed by atoms with Gasteiger partial charge in [-0.15, -0.1) is 0 Å². The van der Waals surface area contributed by atoms with Crippen molar-refractivity contribution in [3.63, 3.8) is 0 Å². The molecule has 0 heterocycles. The van der Waals surface area contributed by atoms with Crippen LogP contribution in [0.25, 0.3) is 0 Å². The minimum atomic E-state index is -0.806. The van der Waals surface area contributed by atoms with Gasteiger partial charge in [-0.2, -0.15) is 0 Å². The van der Waals surface area contributed by atoms with Crippen LogP contribution in [0.4, 0.5) is 0 Å². The summed E-state index contributed by atoms with van der Waals surface area (Å²) in [5, 5.41) is 12.6. The SMILES string of the molecule is O=C(O)[C@H](Cc1ccccc1)NCc1ccc(C2CCC2)cc1. The lowest BCUT2D eigenvalue weighted by atomic mass is 9.80. The van der Waals surface area contributed by atoms with E-state index in [1.54, 1.807) is 0 Å².